The van der Waals surface area contributed by atoms with Gasteiger partial charge in [-0.3, -0.25) is 0 Å². The third kappa shape index (κ3) is 1.68. The van der Waals surface area contributed by atoms with Gasteiger partial charge in [0.1, 0.15) is 0 Å². The van der Waals surface area contributed by atoms with Crippen molar-refractivity contribution < 1.29 is 9.90 Å². The van der Waals surface area contributed by atoms with Crippen LogP contribution in [0.5, 0.6) is 0 Å². The summed E-state index contributed by atoms with van der Waals surface area (Å²) in [4.78, 5) is 10.5. The second-order valence-corrected chi connectivity index (χ2v) is 3.85. The highest BCUT2D eigenvalue weighted by Crippen LogP contribution is 2.45. The van der Waals surface area contributed by atoms with Gasteiger partial charge in [0.15, 0.2) is 0 Å². The number of carboxylic acids is 1. The lowest BCUT2D eigenvalue weighted by Crippen LogP contribution is -1.95. The van der Waals surface area contributed by atoms with Crippen molar-refractivity contribution in [3.05, 3.63) is 35.4 Å². The largest absolute Gasteiger partial charge is 0.478 e. The zero-order valence-electron chi connectivity index (χ0n) is 6.90. The van der Waals surface area contributed by atoms with E-state index in [0.717, 1.165) is 12.0 Å². The van der Waals surface area contributed by atoms with E-state index in [4.69, 9.17) is 16.7 Å². The Morgan fingerprint density at radius 2 is 1.92 bits per heavy atom. The first-order valence-electron chi connectivity index (χ1n) is 4.16. The topological polar surface area (TPSA) is 37.3 Å². The van der Waals surface area contributed by atoms with Gasteiger partial charge < -0.3 is 5.11 Å². The number of carbonyl (C=O) groups is 1. The van der Waals surface area contributed by atoms with Crippen LogP contribution in [0.3, 0.4) is 0 Å². The van der Waals surface area contributed by atoms with Crippen molar-refractivity contribution in [3.8, 4) is 0 Å². The number of hydrogen-bond donors (Lipinski definition) is 1. The van der Waals surface area contributed by atoms with Gasteiger partial charge in [-0.2, -0.15) is 0 Å². The van der Waals surface area contributed by atoms with E-state index >= 15 is 0 Å². The average Bonchev–Trinajstić information content (AvgIpc) is 2.83. The zero-order chi connectivity index (χ0) is 9.42. The molecule has 1 fully saturated rings. The fourth-order valence-corrected chi connectivity index (χ4v) is 1.72. The number of aromatic carboxylic acids is 1. The van der Waals surface area contributed by atoms with Crippen molar-refractivity contribution in [1.29, 1.82) is 0 Å². The van der Waals surface area contributed by atoms with Crippen LogP contribution in [-0.2, 0) is 0 Å². The van der Waals surface area contributed by atoms with Crippen LogP contribution in [0, 0.1) is 0 Å². The molecule has 3 heteroatoms. The highest BCUT2D eigenvalue weighted by molar-refractivity contribution is 6.23. The number of alkyl halides is 1. The van der Waals surface area contributed by atoms with Gasteiger partial charge in [0.2, 0.25) is 0 Å². The molecule has 1 N–H and O–H groups in total. The van der Waals surface area contributed by atoms with E-state index in [1.165, 1.54) is 0 Å². The molecule has 2 nitrogen and oxygen atoms in total. The molecule has 0 radical (unpaired) electrons. The number of rotatable bonds is 2. The molecule has 1 aromatic rings. The minimum Gasteiger partial charge on any atom is -0.478 e. The molecular formula is C10H9ClO2. The summed E-state index contributed by atoms with van der Waals surface area (Å²) in [5.41, 5.74) is 1.47. The van der Waals surface area contributed by atoms with Gasteiger partial charge in [0, 0.05) is 11.3 Å². The van der Waals surface area contributed by atoms with Gasteiger partial charge in [-0.25, -0.2) is 4.79 Å². The molecule has 0 saturated heterocycles. The fourth-order valence-electron chi connectivity index (χ4n) is 1.38. The lowest BCUT2D eigenvalue weighted by atomic mass is 10.1. The summed E-state index contributed by atoms with van der Waals surface area (Å²) in [7, 11) is 0. The molecule has 2 unspecified atom stereocenters. The number of carboxylic acid groups (broad SMARTS) is 1. The third-order valence-electron chi connectivity index (χ3n) is 2.30. The molecule has 0 aliphatic heterocycles. The first kappa shape index (κ1) is 8.57. The fraction of sp³-hybridized carbons (Fsp3) is 0.300. The SMILES string of the molecule is O=C(O)c1ccc(C2CC2Cl)cc1. The van der Waals surface area contributed by atoms with E-state index in [1.807, 2.05) is 12.1 Å². The van der Waals surface area contributed by atoms with Gasteiger partial charge in [-0.15, -0.1) is 11.6 Å². The van der Waals surface area contributed by atoms with E-state index < -0.39 is 5.97 Å². The molecule has 1 aliphatic carbocycles. The molecule has 1 aliphatic rings. The smallest absolute Gasteiger partial charge is 0.335 e. The van der Waals surface area contributed by atoms with Gasteiger partial charge in [0.05, 0.1) is 5.56 Å². The van der Waals surface area contributed by atoms with Crippen LogP contribution < -0.4 is 0 Å². The van der Waals surface area contributed by atoms with E-state index in [-0.39, 0.29) is 5.38 Å². The van der Waals surface area contributed by atoms with Crippen molar-refractivity contribution in [2.45, 2.75) is 17.7 Å². The monoisotopic (exact) mass is 196 g/mol. The van der Waals surface area contributed by atoms with Gasteiger partial charge >= 0.3 is 5.97 Å². The Morgan fingerprint density at radius 1 is 1.38 bits per heavy atom. The normalized spacial score (nSPS) is 25.6. The van der Waals surface area contributed by atoms with Crippen LogP contribution in [0.4, 0.5) is 0 Å². The van der Waals surface area contributed by atoms with Crippen LogP contribution >= 0.6 is 11.6 Å². The molecule has 0 amide bonds. The first-order chi connectivity index (χ1) is 6.18. The van der Waals surface area contributed by atoms with Crippen LogP contribution in [-0.4, -0.2) is 16.5 Å². The Morgan fingerprint density at radius 3 is 2.31 bits per heavy atom. The van der Waals surface area contributed by atoms with Crippen LogP contribution in [0.15, 0.2) is 24.3 Å². The van der Waals surface area contributed by atoms with Crippen molar-refractivity contribution in [1.82, 2.24) is 0 Å². The molecule has 68 valence electrons. The Labute approximate surface area is 81.1 Å². The van der Waals surface area contributed by atoms with Gasteiger partial charge in [0.25, 0.3) is 0 Å². The standard InChI is InChI=1S/C10H9ClO2/c11-9-5-8(9)6-1-3-7(4-2-6)10(12)13/h1-4,8-9H,5H2,(H,12,13). The summed E-state index contributed by atoms with van der Waals surface area (Å²) in [6, 6.07) is 6.94. The summed E-state index contributed by atoms with van der Waals surface area (Å²) < 4.78 is 0. The quantitative estimate of drug-likeness (QED) is 0.738. The second kappa shape index (κ2) is 3.04. The molecule has 2 rings (SSSR count). The second-order valence-electron chi connectivity index (χ2n) is 3.29. The van der Waals surface area contributed by atoms with Crippen LogP contribution in [0.25, 0.3) is 0 Å². The Hall–Kier alpha value is -1.02. The highest BCUT2D eigenvalue weighted by atomic mass is 35.5. The Bertz CT molecular complexity index is 331. The summed E-state index contributed by atoms with van der Waals surface area (Å²) in [6.45, 7) is 0. The third-order valence-corrected chi connectivity index (χ3v) is 2.78. The van der Waals surface area contributed by atoms with E-state index in [9.17, 15) is 4.79 Å². The summed E-state index contributed by atoms with van der Waals surface area (Å²) in [6.07, 6.45) is 1.01. The van der Waals surface area contributed by atoms with Crippen molar-refractivity contribution in [2.24, 2.45) is 0 Å². The molecule has 0 aromatic heterocycles. The van der Waals surface area contributed by atoms with Gasteiger partial charge in [-0.1, -0.05) is 12.1 Å². The molecular weight excluding hydrogens is 188 g/mol. The van der Waals surface area contributed by atoms with E-state index in [0.29, 0.717) is 11.5 Å². The molecule has 1 saturated carbocycles. The van der Waals surface area contributed by atoms with Crippen LogP contribution in [0.1, 0.15) is 28.3 Å². The average molecular weight is 197 g/mol. The molecule has 2 atom stereocenters. The van der Waals surface area contributed by atoms with E-state index in [1.54, 1.807) is 12.1 Å². The molecule has 0 spiro atoms. The lowest BCUT2D eigenvalue weighted by Gasteiger charge is -1.98. The van der Waals surface area contributed by atoms with Crippen molar-refractivity contribution in [3.63, 3.8) is 0 Å². The maximum absolute atomic E-state index is 10.5. The molecule has 13 heavy (non-hydrogen) atoms. The number of halogens is 1. The first-order valence-corrected chi connectivity index (χ1v) is 4.59. The Kier molecular flexibility index (Phi) is 2.00. The van der Waals surface area contributed by atoms with E-state index in [2.05, 4.69) is 0 Å². The number of benzene rings is 1. The number of hydrogen-bond acceptors (Lipinski definition) is 1. The Balaban J connectivity index is 2.19. The maximum Gasteiger partial charge on any atom is 0.335 e. The molecule has 0 heterocycles. The predicted octanol–water partition coefficient (Wildman–Crippen LogP) is 2.48. The molecule has 1 aromatic carbocycles. The molecule has 0 bridgehead atoms. The van der Waals surface area contributed by atoms with Crippen molar-refractivity contribution in [2.75, 3.05) is 0 Å². The van der Waals surface area contributed by atoms with Crippen LogP contribution in [0.2, 0.25) is 0 Å². The zero-order valence-corrected chi connectivity index (χ0v) is 7.66. The highest BCUT2D eigenvalue weighted by Gasteiger charge is 2.36. The summed E-state index contributed by atoms with van der Waals surface area (Å²) in [5.74, 6) is -0.450. The minimum absolute atomic E-state index is 0.246. The van der Waals surface area contributed by atoms with Crippen molar-refractivity contribution >= 4 is 17.6 Å². The minimum atomic E-state index is -0.884. The summed E-state index contributed by atoms with van der Waals surface area (Å²) in [5, 5.41) is 8.90. The summed E-state index contributed by atoms with van der Waals surface area (Å²) >= 11 is 5.87. The lowest BCUT2D eigenvalue weighted by molar-refractivity contribution is 0.0697. The van der Waals surface area contributed by atoms with Gasteiger partial charge in [-0.05, 0) is 24.1 Å². The maximum atomic E-state index is 10.5. The predicted molar refractivity (Wildman–Crippen MR) is 50.4 cm³/mol.